The Labute approximate surface area is 155 Å². The number of para-hydroxylation sites is 1. The van der Waals surface area contributed by atoms with Crippen molar-refractivity contribution in [2.75, 3.05) is 37.7 Å². The van der Waals surface area contributed by atoms with Crippen LogP contribution in [0, 0.1) is 10.1 Å². The van der Waals surface area contributed by atoms with Gasteiger partial charge in [-0.05, 0) is 24.3 Å². The molecule has 0 bridgehead atoms. The molecule has 1 amide bonds. The molecule has 1 saturated heterocycles. The highest BCUT2D eigenvalue weighted by atomic mass is 35.5. The Hall–Kier alpha value is -2.80. The van der Waals surface area contributed by atoms with Gasteiger partial charge in [0.2, 0.25) is 0 Å². The molecule has 2 aromatic rings. The van der Waals surface area contributed by atoms with Crippen LogP contribution in [0.2, 0.25) is 5.02 Å². The van der Waals surface area contributed by atoms with E-state index in [0.717, 1.165) is 0 Å². The lowest BCUT2D eigenvalue weighted by molar-refractivity contribution is -0.384. The van der Waals surface area contributed by atoms with Crippen molar-refractivity contribution in [1.82, 2.24) is 4.90 Å². The Balaban J connectivity index is 1.57. The molecule has 1 aliphatic heterocycles. The van der Waals surface area contributed by atoms with Gasteiger partial charge < -0.3 is 14.5 Å². The van der Waals surface area contributed by atoms with Crippen molar-refractivity contribution in [2.24, 2.45) is 0 Å². The van der Waals surface area contributed by atoms with Crippen molar-refractivity contribution in [3.8, 4) is 5.75 Å². The molecule has 0 atom stereocenters. The van der Waals surface area contributed by atoms with Crippen LogP contribution in [0.4, 0.5) is 11.4 Å². The van der Waals surface area contributed by atoms with E-state index < -0.39 is 4.92 Å². The minimum Gasteiger partial charge on any atom is -0.484 e. The number of carbonyl (C=O) groups excluding carboxylic acids is 1. The SMILES string of the molecule is O=C(COc1ccccc1)N1CCN(c2ccc(Cl)cc2[N+](=O)[O-])CC1. The lowest BCUT2D eigenvalue weighted by atomic mass is 10.2. The number of rotatable bonds is 5. The zero-order valence-corrected chi connectivity index (χ0v) is 14.8. The maximum atomic E-state index is 12.3. The normalized spacial score (nSPS) is 14.2. The van der Waals surface area contributed by atoms with Crippen molar-refractivity contribution in [3.05, 3.63) is 63.7 Å². The number of ether oxygens (including phenoxy) is 1. The van der Waals surface area contributed by atoms with Gasteiger partial charge in [-0.25, -0.2) is 0 Å². The predicted octanol–water partition coefficient (Wildman–Crippen LogP) is 2.98. The molecule has 1 fully saturated rings. The van der Waals surface area contributed by atoms with Gasteiger partial charge in [-0.2, -0.15) is 0 Å². The van der Waals surface area contributed by atoms with E-state index in [1.54, 1.807) is 29.2 Å². The summed E-state index contributed by atoms with van der Waals surface area (Å²) >= 11 is 5.86. The van der Waals surface area contributed by atoms with Crippen LogP contribution in [-0.2, 0) is 4.79 Å². The Morgan fingerprint density at radius 1 is 1.12 bits per heavy atom. The molecule has 7 nitrogen and oxygen atoms in total. The number of halogens is 1. The lowest BCUT2D eigenvalue weighted by Gasteiger charge is -2.35. The molecule has 2 aromatic carbocycles. The van der Waals surface area contributed by atoms with Crippen LogP contribution in [-0.4, -0.2) is 48.5 Å². The van der Waals surface area contributed by atoms with Crippen LogP contribution in [0.1, 0.15) is 0 Å². The third-order valence-electron chi connectivity index (χ3n) is 4.21. The number of piperazine rings is 1. The van der Waals surface area contributed by atoms with E-state index >= 15 is 0 Å². The summed E-state index contributed by atoms with van der Waals surface area (Å²) in [4.78, 5) is 26.7. The minimum absolute atomic E-state index is 0.0227. The van der Waals surface area contributed by atoms with Crippen molar-refractivity contribution in [1.29, 1.82) is 0 Å². The molecule has 0 aliphatic carbocycles. The zero-order valence-electron chi connectivity index (χ0n) is 14.0. The quantitative estimate of drug-likeness (QED) is 0.593. The standard InChI is InChI=1S/C18H18ClN3O4/c19-14-6-7-16(17(12-14)22(24)25)20-8-10-21(11-9-20)18(23)13-26-15-4-2-1-3-5-15/h1-7,12H,8-11,13H2. The van der Waals surface area contributed by atoms with E-state index in [9.17, 15) is 14.9 Å². The molecule has 1 heterocycles. The minimum atomic E-state index is -0.438. The molecular weight excluding hydrogens is 358 g/mol. The van der Waals surface area contributed by atoms with Crippen LogP contribution in [0.3, 0.4) is 0 Å². The van der Waals surface area contributed by atoms with E-state index in [4.69, 9.17) is 16.3 Å². The molecule has 0 unspecified atom stereocenters. The first-order valence-electron chi connectivity index (χ1n) is 8.19. The smallest absolute Gasteiger partial charge is 0.294 e. The number of benzene rings is 2. The maximum absolute atomic E-state index is 12.3. The number of amides is 1. The molecule has 8 heteroatoms. The number of carbonyl (C=O) groups is 1. The van der Waals surface area contributed by atoms with Crippen LogP contribution in [0.15, 0.2) is 48.5 Å². The fraction of sp³-hybridized carbons (Fsp3) is 0.278. The lowest BCUT2D eigenvalue weighted by Crippen LogP contribution is -2.50. The summed E-state index contributed by atoms with van der Waals surface area (Å²) in [6.45, 7) is 1.97. The average molecular weight is 376 g/mol. The van der Waals surface area contributed by atoms with Gasteiger partial charge in [0.25, 0.3) is 11.6 Å². The summed E-state index contributed by atoms with van der Waals surface area (Å²) in [5.41, 5.74) is 0.497. The Bertz CT molecular complexity index is 792. The average Bonchev–Trinajstić information content (AvgIpc) is 2.67. The second-order valence-electron chi connectivity index (χ2n) is 5.86. The first-order valence-corrected chi connectivity index (χ1v) is 8.57. The molecule has 26 heavy (non-hydrogen) atoms. The van der Waals surface area contributed by atoms with Crippen molar-refractivity contribution < 1.29 is 14.5 Å². The highest BCUT2D eigenvalue weighted by molar-refractivity contribution is 6.30. The van der Waals surface area contributed by atoms with E-state index in [-0.39, 0.29) is 18.2 Å². The number of hydrogen-bond donors (Lipinski definition) is 0. The second-order valence-corrected chi connectivity index (χ2v) is 6.30. The molecule has 0 spiro atoms. The topological polar surface area (TPSA) is 75.9 Å². The third-order valence-corrected chi connectivity index (χ3v) is 4.45. The summed E-state index contributed by atoms with van der Waals surface area (Å²) in [7, 11) is 0. The summed E-state index contributed by atoms with van der Waals surface area (Å²) in [6, 6.07) is 13.8. The van der Waals surface area contributed by atoms with E-state index in [0.29, 0.717) is 42.6 Å². The van der Waals surface area contributed by atoms with Gasteiger partial charge >= 0.3 is 0 Å². The molecule has 0 saturated carbocycles. The molecule has 0 N–H and O–H groups in total. The van der Waals surface area contributed by atoms with Gasteiger partial charge in [-0.3, -0.25) is 14.9 Å². The number of anilines is 1. The van der Waals surface area contributed by atoms with Gasteiger partial charge in [0.1, 0.15) is 11.4 Å². The van der Waals surface area contributed by atoms with Crippen molar-refractivity contribution in [3.63, 3.8) is 0 Å². The highest BCUT2D eigenvalue weighted by Crippen LogP contribution is 2.31. The first kappa shape index (κ1) is 18.0. The second kappa shape index (κ2) is 8.05. The van der Waals surface area contributed by atoms with Crippen LogP contribution in [0.25, 0.3) is 0 Å². The van der Waals surface area contributed by atoms with Gasteiger partial charge in [-0.15, -0.1) is 0 Å². The summed E-state index contributed by atoms with van der Waals surface area (Å²) in [6.07, 6.45) is 0. The largest absolute Gasteiger partial charge is 0.484 e. The molecular formula is C18H18ClN3O4. The van der Waals surface area contributed by atoms with E-state index in [1.807, 2.05) is 23.1 Å². The monoisotopic (exact) mass is 375 g/mol. The molecule has 1 aliphatic rings. The molecule has 0 radical (unpaired) electrons. The summed E-state index contributed by atoms with van der Waals surface area (Å²) in [5.74, 6) is 0.551. The van der Waals surface area contributed by atoms with Crippen LogP contribution >= 0.6 is 11.6 Å². The molecule has 0 aromatic heterocycles. The first-order chi connectivity index (χ1) is 12.5. The number of nitrogens with zero attached hydrogens (tertiary/aromatic N) is 3. The number of nitro groups is 1. The van der Waals surface area contributed by atoms with Gasteiger partial charge in [0.05, 0.1) is 4.92 Å². The fourth-order valence-electron chi connectivity index (χ4n) is 2.86. The number of hydrogen-bond acceptors (Lipinski definition) is 5. The maximum Gasteiger partial charge on any atom is 0.294 e. The highest BCUT2D eigenvalue weighted by Gasteiger charge is 2.26. The Kier molecular flexibility index (Phi) is 5.58. The number of nitro benzene ring substituents is 1. The fourth-order valence-corrected chi connectivity index (χ4v) is 3.03. The summed E-state index contributed by atoms with van der Waals surface area (Å²) in [5, 5.41) is 11.6. The van der Waals surface area contributed by atoms with E-state index in [2.05, 4.69) is 0 Å². The zero-order chi connectivity index (χ0) is 18.5. The Morgan fingerprint density at radius 3 is 2.46 bits per heavy atom. The van der Waals surface area contributed by atoms with Gasteiger partial charge in [0, 0.05) is 37.3 Å². The van der Waals surface area contributed by atoms with Crippen molar-refractivity contribution in [2.45, 2.75) is 0 Å². The van der Waals surface area contributed by atoms with Crippen molar-refractivity contribution >= 4 is 28.9 Å². The van der Waals surface area contributed by atoms with Gasteiger partial charge in [0.15, 0.2) is 6.61 Å². The summed E-state index contributed by atoms with van der Waals surface area (Å²) < 4.78 is 5.49. The Morgan fingerprint density at radius 2 is 1.81 bits per heavy atom. The van der Waals surface area contributed by atoms with E-state index in [1.165, 1.54) is 6.07 Å². The van der Waals surface area contributed by atoms with Gasteiger partial charge in [-0.1, -0.05) is 29.8 Å². The molecule has 3 rings (SSSR count). The molecule has 136 valence electrons. The van der Waals surface area contributed by atoms with Crippen LogP contribution in [0.5, 0.6) is 5.75 Å². The van der Waals surface area contributed by atoms with Crippen LogP contribution < -0.4 is 9.64 Å². The third kappa shape index (κ3) is 4.23. The predicted molar refractivity (Wildman–Crippen MR) is 98.8 cm³/mol.